The minimum Gasteiger partial charge on any atom is -0.310 e. The molecule has 1 aromatic rings. The van der Waals surface area contributed by atoms with E-state index in [-0.39, 0.29) is 0 Å². The van der Waals surface area contributed by atoms with Crippen molar-refractivity contribution in [2.45, 2.75) is 57.2 Å². The second kappa shape index (κ2) is 6.45. The molecule has 4 heteroatoms. The first-order valence-electron chi connectivity index (χ1n) is 8.01. The Morgan fingerprint density at radius 3 is 2.76 bits per heavy atom. The summed E-state index contributed by atoms with van der Waals surface area (Å²) in [6.07, 6.45) is 6.54. The molecule has 1 saturated heterocycles. The summed E-state index contributed by atoms with van der Waals surface area (Å²) in [4.78, 5) is 2.60. The summed E-state index contributed by atoms with van der Waals surface area (Å²) in [5.74, 6) is 0. The molecule has 0 bridgehead atoms. The number of rotatable bonds is 2. The third kappa shape index (κ3) is 3.56. The van der Waals surface area contributed by atoms with Gasteiger partial charge >= 0.3 is 0 Å². The normalized spacial score (nSPS) is 26.1. The fourth-order valence-corrected chi connectivity index (χ4v) is 4.26. The van der Waals surface area contributed by atoms with E-state index in [0.717, 1.165) is 24.7 Å². The van der Waals surface area contributed by atoms with Gasteiger partial charge in [-0.15, -0.1) is 0 Å². The van der Waals surface area contributed by atoms with E-state index >= 15 is 0 Å². The topological polar surface area (TPSA) is 15.3 Å². The van der Waals surface area contributed by atoms with Crippen molar-refractivity contribution >= 4 is 23.2 Å². The Bertz CT molecular complexity index is 498. The van der Waals surface area contributed by atoms with Crippen molar-refractivity contribution in [3.63, 3.8) is 0 Å². The first-order valence-corrected chi connectivity index (χ1v) is 8.77. The lowest BCUT2D eigenvalue weighted by Gasteiger charge is -2.35. The molecule has 116 valence electrons. The monoisotopic (exact) mass is 326 g/mol. The van der Waals surface area contributed by atoms with Crippen LogP contribution in [0.3, 0.4) is 0 Å². The van der Waals surface area contributed by atoms with Crippen molar-refractivity contribution in [1.29, 1.82) is 0 Å². The average Bonchev–Trinajstić information content (AvgIpc) is 2.83. The van der Waals surface area contributed by atoms with Crippen molar-refractivity contribution in [2.24, 2.45) is 0 Å². The molecular weight excluding hydrogens is 303 g/mol. The number of benzene rings is 1. The Hall–Kier alpha value is -0.280. The van der Waals surface area contributed by atoms with Crippen LogP contribution in [0, 0.1) is 0 Å². The Labute approximate surface area is 137 Å². The van der Waals surface area contributed by atoms with E-state index in [2.05, 4.69) is 23.2 Å². The lowest BCUT2D eigenvalue weighted by atomic mass is 9.96. The maximum Gasteiger partial charge on any atom is 0.0465 e. The molecule has 0 aromatic heterocycles. The van der Waals surface area contributed by atoms with Crippen molar-refractivity contribution < 1.29 is 0 Å². The highest BCUT2D eigenvalue weighted by Gasteiger charge is 2.38. The summed E-state index contributed by atoms with van der Waals surface area (Å²) in [5.41, 5.74) is 1.52. The largest absolute Gasteiger partial charge is 0.310 e. The smallest absolute Gasteiger partial charge is 0.0465 e. The summed E-state index contributed by atoms with van der Waals surface area (Å²) in [7, 11) is 0. The molecule has 2 fully saturated rings. The van der Waals surface area contributed by atoms with Gasteiger partial charge in [0.2, 0.25) is 0 Å². The molecule has 3 rings (SSSR count). The predicted molar refractivity (Wildman–Crippen MR) is 90.2 cm³/mol. The molecule has 1 aliphatic carbocycles. The fourth-order valence-electron chi connectivity index (χ4n) is 3.80. The van der Waals surface area contributed by atoms with Crippen LogP contribution in [0.15, 0.2) is 18.2 Å². The number of hydrogen-bond donors (Lipinski definition) is 1. The van der Waals surface area contributed by atoms with E-state index in [1.807, 2.05) is 12.1 Å². The molecule has 1 atom stereocenters. The number of nitrogens with zero attached hydrogens (tertiary/aromatic N) is 1. The Kier molecular flexibility index (Phi) is 4.80. The zero-order valence-electron chi connectivity index (χ0n) is 12.7. The molecular formula is C17H24Cl2N2. The van der Waals surface area contributed by atoms with Gasteiger partial charge in [-0.25, -0.2) is 0 Å². The third-order valence-electron chi connectivity index (χ3n) is 5.14. The summed E-state index contributed by atoms with van der Waals surface area (Å²) in [5, 5.41) is 5.33. The molecule has 2 nitrogen and oxygen atoms in total. The third-order valence-corrected chi connectivity index (χ3v) is 5.73. The Morgan fingerprint density at radius 2 is 2.05 bits per heavy atom. The molecule has 1 aliphatic heterocycles. The highest BCUT2D eigenvalue weighted by molar-refractivity contribution is 6.35. The molecule has 1 N–H and O–H groups in total. The summed E-state index contributed by atoms with van der Waals surface area (Å²) < 4.78 is 0. The van der Waals surface area contributed by atoms with E-state index < -0.39 is 0 Å². The van der Waals surface area contributed by atoms with Crippen molar-refractivity contribution in [3.05, 3.63) is 33.8 Å². The SMILES string of the molecule is CC1CCNC2(CCCC2)CN1Cc1ccc(Cl)cc1Cl. The zero-order valence-corrected chi connectivity index (χ0v) is 14.2. The van der Waals surface area contributed by atoms with Gasteiger partial charge in [0.05, 0.1) is 0 Å². The Morgan fingerprint density at radius 1 is 1.29 bits per heavy atom. The number of hydrogen-bond acceptors (Lipinski definition) is 2. The van der Waals surface area contributed by atoms with Crippen molar-refractivity contribution in [1.82, 2.24) is 10.2 Å². The molecule has 1 spiro atoms. The van der Waals surface area contributed by atoms with E-state index in [9.17, 15) is 0 Å². The van der Waals surface area contributed by atoms with Gasteiger partial charge < -0.3 is 5.32 Å². The van der Waals surface area contributed by atoms with Crippen LogP contribution in [0.4, 0.5) is 0 Å². The van der Waals surface area contributed by atoms with Crippen LogP contribution < -0.4 is 5.32 Å². The maximum absolute atomic E-state index is 6.36. The van der Waals surface area contributed by atoms with Gasteiger partial charge in [-0.2, -0.15) is 0 Å². The molecule has 1 aromatic carbocycles. The zero-order chi connectivity index (χ0) is 14.9. The minimum absolute atomic E-state index is 0.337. The quantitative estimate of drug-likeness (QED) is 0.861. The average molecular weight is 327 g/mol. The lowest BCUT2D eigenvalue weighted by Crippen LogP contribution is -2.49. The summed E-state index contributed by atoms with van der Waals surface area (Å²) in [6, 6.07) is 6.44. The van der Waals surface area contributed by atoms with Crippen LogP contribution in [0.1, 0.15) is 44.6 Å². The highest BCUT2D eigenvalue weighted by Crippen LogP contribution is 2.34. The molecule has 0 radical (unpaired) electrons. The second-order valence-electron chi connectivity index (χ2n) is 6.69. The molecule has 2 aliphatic rings. The van der Waals surface area contributed by atoms with E-state index in [4.69, 9.17) is 23.2 Å². The van der Waals surface area contributed by atoms with E-state index in [0.29, 0.717) is 16.6 Å². The van der Waals surface area contributed by atoms with Gasteiger partial charge in [-0.05, 0) is 50.4 Å². The van der Waals surface area contributed by atoms with Gasteiger partial charge in [0.15, 0.2) is 0 Å². The van der Waals surface area contributed by atoms with Gasteiger partial charge in [-0.3, -0.25) is 4.90 Å². The minimum atomic E-state index is 0.337. The number of nitrogens with one attached hydrogen (secondary N) is 1. The molecule has 0 amide bonds. The van der Waals surface area contributed by atoms with Crippen molar-refractivity contribution in [2.75, 3.05) is 13.1 Å². The van der Waals surface area contributed by atoms with Crippen LogP contribution in [-0.2, 0) is 6.54 Å². The lowest BCUT2D eigenvalue weighted by molar-refractivity contribution is 0.160. The summed E-state index contributed by atoms with van der Waals surface area (Å²) in [6.45, 7) is 5.51. The first-order chi connectivity index (χ1) is 10.1. The number of halogens is 2. The van der Waals surface area contributed by atoms with Gasteiger partial charge in [0.25, 0.3) is 0 Å². The van der Waals surface area contributed by atoms with Crippen LogP contribution in [-0.4, -0.2) is 29.6 Å². The fraction of sp³-hybridized carbons (Fsp3) is 0.647. The standard InChI is InChI=1S/C17H24Cl2N2/c1-13-6-9-20-17(7-2-3-8-17)12-21(13)11-14-4-5-15(18)10-16(14)19/h4-5,10,13,20H,2-3,6-9,11-12H2,1H3. The highest BCUT2D eigenvalue weighted by atomic mass is 35.5. The second-order valence-corrected chi connectivity index (χ2v) is 7.54. The predicted octanol–water partition coefficient (Wildman–Crippen LogP) is 4.49. The summed E-state index contributed by atoms with van der Waals surface area (Å²) >= 11 is 12.4. The van der Waals surface area contributed by atoms with Crippen LogP contribution in [0.25, 0.3) is 0 Å². The van der Waals surface area contributed by atoms with Gasteiger partial charge in [0.1, 0.15) is 0 Å². The van der Waals surface area contributed by atoms with E-state index in [1.54, 1.807) is 0 Å². The van der Waals surface area contributed by atoms with Crippen LogP contribution in [0.2, 0.25) is 10.0 Å². The molecule has 1 unspecified atom stereocenters. The van der Waals surface area contributed by atoms with Crippen LogP contribution in [0.5, 0.6) is 0 Å². The molecule has 1 heterocycles. The Balaban J connectivity index is 1.77. The van der Waals surface area contributed by atoms with Crippen LogP contribution >= 0.6 is 23.2 Å². The maximum atomic E-state index is 6.36. The molecule has 1 saturated carbocycles. The van der Waals surface area contributed by atoms with Gasteiger partial charge in [0, 0.05) is 34.7 Å². The molecule has 21 heavy (non-hydrogen) atoms. The van der Waals surface area contributed by atoms with Gasteiger partial charge in [-0.1, -0.05) is 42.1 Å². The first kappa shape index (κ1) is 15.6. The van der Waals surface area contributed by atoms with E-state index in [1.165, 1.54) is 37.7 Å². The van der Waals surface area contributed by atoms with Crippen molar-refractivity contribution in [3.8, 4) is 0 Å².